The molecule has 2 unspecified atom stereocenters. The predicted octanol–water partition coefficient (Wildman–Crippen LogP) is 5.33. The number of piperidine rings is 1. The number of nitrogens with zero attached hydrogens (tertiary/aromatic N) is 3. The van der Waals surface area contributed by atoms with Crippen molar-refractivity contribution in [3.8, 4) is 0 Å². The van der Waals surface area contributed by atoms with Crippen LogP contribution in [0.25, 0.3) is 6.08 Å². The highest BCUT2D eigenvalue weighted by Gasteiger charge is 2.19. The first kappa shape index (κ1) is 21.3. The molecule has 0 amide bonds. The van der Waals surface area contributed by atoms with Crippen LogP contribution in [-0.4, -0.2) is 29.6 Å². The number of anilines is 3. The zero-order chi connectivity index (χ0) is 20.6. The van der Waals surface area contributed by atoms with Crippen LogP contribution in [0.1, 0.15) is 63.1 Å². The molecule has 3 N–H and O–H groups in total. The quantitative estimate of drug-likeness (QED) is 0.602. The number of nitrogens with two attached hydrogens (primary N) is 1. The Morgan fingerprint density at radius 3 is 2.76 bits per heavy atom. The molecule has 0 bridgehead atoms. The summed E-state index contributed by atoms with van der Waals surface area (Å²) in [5, 5.41) is 3.45. The van der Waals surface area contributed by atoms with Crippen molar-refractivity contribution in [2.24, 2.45) is 11.7 Å². The van der Waals surface area contributed by atoms with Gasteiger partial charge in [0.25, 0.3) is 0 Å². The van der Waals surface area contributed by atoms with E-state index in [1.807, 2.05) is 6.20 Å². The van der Waals surface area contributed by atoms with E-state index >= 15 is 0 Å². The van der Waals surface area contributed by atoms with Gasteiger partial charge in [-0.15, -0.1) is 0 Å². The van der Waals surface area contributed by atoms with E-state index in [0.717, 1.165) is 49.1 Å². The number of rotatable bonds is 9. The van der Waals surface area contributed by atoms with Crippen LogP contribution in [0.4, 0.5) is 17.3 Å². The van der Waals surface area contributed by atoms with E-state index in [1.54, 1.807) is 6.08 Å². The van der Waals surface area contributed by atoms with Crippen molar-refractivity contribution >= 4 is 23.4 Å². The second-order valence-electron chi connectivity index (χ2n) is 8.17. The molecule has 0 aliphatic carbocycles. The van der Waals surface area contributed by atoms with Crippen molar-refractivity contribution in [3.63, 3.8) is 0 Å². The third-order valence-electron chi connectivity index (χ3n) is 5.76. The first-order chi connectivity index (χ1) is 14.1. The van der Waals surface area contributed by atoms with Gasteiger partial charge in [-0.25, -0.2) is 9.97 Å². The van der Waals surface area contributed by atoms with E-state index in [0.29, 0.717) is 11.8 Å². The molecule has 3 rings (SSSR count). The maximum Gasteiger partial charge on any atom is 0.158 e. The van der Waals surface area contributed by atoms with Crippen LogP contribution >= 0.6 is 0 Å². The van der Waals surface area contributed by atoms with Crippen LogP contribution in [0, 0.1) is 5.92 Å². The van der Waals surface area contributed by atoms with Gasteiger partial charge in [-0.1, -0.05) is 39.0 Å². The number of benzene rings is 1. The molecule has 2 aromatic rings. The third kappa shape index (κ3) is 5.57. The normalized spacial score (nSPS) is 17.8. The first-order valence-corrected chi connectivity index (χ1v) is 11.0. The van der Waals surface area contributed by atoms with E-state index < -0.39 is 0 Å². The number of hydrogen-bond donors (Lipinski definition) is 2. The molecule has 1 fully saturated rings. The second kappa shape index (κ2) is 10.4. The Hall–Kier alpha value is -2.40. The van der Waals surface area contributed by atoms with Crippen LogP contribution in [0.5, 0.6) is 0 Å². The fraction of sp³-hybridized carbons (Fsp3) is 0.500. The van der Waals surface area contributed by atoms with Gasteiger partial charge in [-0.2, -0.15) is 0 Å². The third-order valence-corrected chi connectivity index (χ3v) is 5.76. The zero-order valence-electron chi connectivity index (χ0n) is 17.9. The topological polar surface area (TPSA) is 67.1 Å². The molecule has 0 spiro atoms. The monoisotopic (exact) mass is 393 g/mol. The van der Waals surface area contributed by atoms with Gasteiger partial charge in [0.1, 0.15) is 11.5 Å². The Morgan fingerprint density at radius 2 is 2.10 bits per heavy atom. The van der Waals surface area contributed by atoms with Crippen molar-refractivity contribution in [1.29, 1.82) is 0 Å². The molecule has 1 aliphatic heterocycles. The predicted molar refractivity (Wildman–Crippen MR) is 124 cm³/mol. The first-order valence-electron chi connectivity index (χ1n) is 11.0. The molecule has 1 aromatic heterocycles. The molecule has 2 atom stereocenters. The van der Waals surface area contributed by atoms with Crippen LogP contribution < -0.4 is 16.0 Å². The van der Waals surface area contributed by atoms with Crippen molar-refractivity contribution in [2.75, 3.05) is 29.9 Å². The Kier molecular flexibility index (Phi) is 7.64. The molecule has 2 heterocycles. The van der Waals surface area contributed by atoms with Gasteiger partial charge in [0, 0.05) is 18.8 Å². The molecule has 1 aromatic carbocycles. The summed E-state index contributed by atoms with van der Waals surface area (Å²) < 4.78 is 0. The summed E-state index contributed by atoms with van der Waals surface area (Å²) in [7, 11) is 0. The Morgan fingerprint density at radius 1 is 1.31 bits per heavy atom. The molecule has 1 aliphatic rings. The summed E-state index contributed by atoms with van der Waals surface area (Å²) in [6.45, 7) is 11.2. The van der Waals surface area contributed by atoms with Gasteiger partial charge in [0.2, 0.25) is 0 Å². The second-order valence-corrected chi connectivity index (χ2v) is 8.17. The largest absolute Gasteiger partial charge is 0.355 e. The summed E-state index contributed by atoms with van der Waals surface area (Å²) in [6, 6.07) is 8.66. The summed E-state index contributed by atoms with van der Waals surface area (Å²) in [6.07, 6.45) is 9.49. The molecule has 156 valence electrons. The van der Waals surface area contributed by atoms with E-state index in [9.17, 15) is 0 Å². The maximum absolute atomic E-state index is 5.80. The maximum atomic E-state index is 5.80. The van der Waals surface area contributed by atoms with Crippen LogP contribution in [0.3, 0.4) is 0 Å². The van der Waals surface area contributed by atoms with E-state index in [-0.39, 0.29) is 0 Å². The zero-order valence-corrected chi connectivity index (χ0v) is 17.9. The van der Waals surface area contributed by atoms with Gasteiger partial charge in [-0.3, -0.25) is 0 Å². The molecular weight excluding hydrogens is 358 g/mol. The Labute approximate surface area is 175 Å². The molecule has 1 saturated heterocycles. The minimum Gasteiger partial charge on any atom is -0.355 e. The molecule has 0 saturated carbocycles. The van der Waals surface area contributed by atoms with Crippen molar-refractivity contribution < 1.29 is 0 Å². The Balaban J connectivity index is 1.77. The number of nitrogens with one attached hydrogen (secondary N) is 1. The number of hydrogen-bond acceptors (Lipinski definition) is 5. The average molecular weight is 394 g/mol. The van der Waals surface area contributed by atoms with Crippen molar-refractivity contribution in [2.45, 2.75) is 51.9 Å². The summed E-state index contributed by atoms with van der Waals surface area (Å²) in [4.78, 5) is 11.8. The summed E-state index contributed by atoms with van der Waals surface area (Å²) >= 11 is 0. The fourth-order valence-corrected chi connectivity index (χ4v) is 4.18. The SMILES string of the molecule is C=Cc1ncc(N2CCCC(C)C2)nc1Nc1ccc(C(CCC)CCN)cc1. The van der Waals surface area contributed by atoms with E-state index in [1.165, 1.54) is 31.2 Å². The van der Waals surface area contributed by atoms with Crippen molar-refractivity contribution in [3.05, 3.63) is 48.3 Å². The van der Waals surface area contributed by atoms with Crippen LogP contribution in [-0.2, 0) is 0 Å². The molecule has 5 heteroatoms. The Bertz CT molecular complexity index is 780. The van der Waals surface area contributed by atoms with Crippen LogP contribution in [0.15, 0.2) is 37.0 Å². The highest BCUT2D eigenvalue weighted by atomic mass is 15.2. The highest BCUT2D eigenvalue weighted by molar-refractivity contribution is 5.67. The van der Waals surface area contributed by atoms with Crippen LogP contribution in [0.2, 0.25) is 0 Å². The number of aromatic nitrogens is 2. The molecule has 29 heavy (non-hydrogen) atoms. The van der Waals surface area contributed by atoms with Gasteiger partial charge in [0.15, 0.2) is 5.82 Å². The minimum atomic E-state index is 0.534. The lowest BCUT2D eigenvalue weighted by molar-refractivity contribution is 0.444. The summed E-state index contributed by atoms with van der Waals surface area (Å²) in [5.41, 5.74) is 8.95. The lowest BCUT2D eigenvalue weighted by atomic mass is 9.91. The standard InChI is InChI=1S/C24H35N5/c1-4-7-19(13-14-25)20-9-11-21(12-10-20)27-24-22(5-2)26-16-23(28-24)29-15-6-8-18(3)17-29/h5,9-12,16,18-19H,2,4,6-8,13-15,17,25H2,1,3H3,(H,27,28). The van der Waals surface area contributed by atoms with Gasteiger partial charge in [-0.05, 0) is 67.8 Å². The van der Waals surface area contributed by atoms with Gasteiger partial charge < -0.3 is 16.0 Å². The molecule has 5 nitrogen and oxygen atoms in total. The fourth-order valence-electron chi connectivity index (χ4n) is 4.18. The van der Waals surface area contributed by atoms with E-state index in [4.69, 9.17) is 10.7 Å². The lowest BCUT2D eigenvalue weighted by Crippen LogP contribution is -2.35. The van der Waals surface area contributed by atoms with Gasteiger partial charge in [0.05, 0.1) is 6.20 Å². The lowest BCUT2D eigenvalue weighted by Gasteiger charge is -2.31. The van der Waals surface area contributed by atoms with Crippen molar-refractivity contribution in [1.82, 2.24) is 9.97 Å². The molecule has 0 radical (unpaired) electrons. The summed E-state index contributed by atoms with van der Waals surface area (Å²) in [5.74, 6) is 2.92. The average Bonchev–Trinajstić information content (AvgIpc) is 2.74. The molecular formula is C24H35N5. The minimum absolute atomic E-state index is 0.534. The van der Waals surface area contributed by atoms with E-state index in [2.05, 4.69) is 59.9 Å². The van der Waals surface area contributed by atoms with Gasteiger partial charge >= 0.3 is 0 Å². The smallest absolute Gasteiger partial charge is 0.158 e. The highest BCUT2D eigenvalue weighted by Crippen LogP contribution is 2.28.